The zero-order valence-corrected chi connectivity index (χ0v) is 15.2. The first-order valence-corrected chi connectivity index (χ1v) is 8.93. The van der Waals surface area contributed by atoms with Crippen molar-refractivity contribution in [3.05, 3.63) is 45.6 Å². The molecule has 2 aromatic rings. The maximum atomic E-state index is 9.63. The van der Waals surface area contributed by atoms with Crippen molar-refractivity contribution >= 4 is 17.3 Å². The van der Waals surface area contributed by atoms with Gasteiger partial charge in [0.1, 0.15) is 0 Å². The van der Waals surface area contributed by atoms with Crippen molar-refractivity contribution < 1.29 is 9.84 Å². The fourth-order valence-corrected chi connectivity index (χ4v) is 3.09. The van der Waals surface area contributed by atoms with E-state index in [0.717, 1.165) is 31.0 Å². The first-order valence-electron chi connectivity index (χ1n) is 8.05. The normalized spacial score (nSPS) is 11.4. The van der Waals surface area contributed by atoms with E-state index in [1.807, 2.05) is 12.1 Å². The topological polar surface area (TPSA) is 65.9 Å². The summed E-state index contributed by atoms with van der Waals surface area (Å²) in [5.41, 5.74) is 2.39. The largest absolute Gasteiger partial charge is 0.504 e. The van der Waals surface area contributed by atoms with E-state index in [0.29, 0.717) is 12.3 Å². The van der Waals surface area contributed by atoms with Crippen molar-refractivity contribution in [2.45, 2.75) is 26.8 Å². The molecule has 0 aliphatic rings. The van der Waals surface area contributed by atoms with Crippen LogP contribution in [0.3, 0.4) is 0 Å². The molecule has 3 N–H and O–H groups in total. The summed E-state index contributed by atoms with van der Waals surface area (Å²) in [7, 11) is 1.56. The lowest BCUT2D eigenvalue weighted by Gasteiger charge is -2.12. The molecule has 130 valence electrons. The maximum absolute atomic E-state index is 9.63. The molecule has 0 saturated carbocycles. The zero-order valence-electron chi connectivity index (χ0n) is 14.4. The van der Waals surface area contributed by atoms with Gasteiger partial charge in [0.2, 0.25) is 0 Å². The molecule has 0 amide bonds. The summed E-state index contributed by atoms with van der Waals surface area (Å²) < 4.78 is 5.14. The van der Waals surface area contributed by atoms with E-state index in [4.69, 9.17) is 4.74 Å². The van der Waals surface area contributed by atoms with Crippen LogP contribution in [0.4, 0.5) is 0 Å². The van der Waals surface area contributed by atoms with Crippen LogP contribution in [0.5, 0.6) is 11.5 Å². The van der Waals surface area contributed by atoms with Gasteiger partial charge >= 0.3 is 0 Å². The number of nitrogens with zero attached hydrogens (tertiary/aromatic N) is 1. The van der Waals surface area contributed by atoms with Gasteiger partial charge in [0.25, 0.3) is 0 Å². The lowest BCUT2D eigenvalue weighted by Crippen LogP contribution is -2.38. The van der Waals surface area contributed by atoms with Crippen molar-refractivity contribution in [3.63, 3.8) is 0 Å². The van der Waals surface area contributed by atoms with Crippen LogP contribution in [0.15, 0.2) is 34.6 Å². The number of ether oxygens (including phenoxy) is 1. The highest BCUT2D eigenvalue weighted by Crippen LogP contribution is 2.26. The molecule has 1 aromatic heterocycles. The van der Waals surface area contributed by atoms with Crippen molar-refractivity contribution in [1.29, 1.82) is 0 Å². The Hall–Kier alpha value is -2.21. The summed E-state index contributed by atoms with van der Waals surface area (Å²) in [6.07, 6.45) is 0.819. The number of thiophene rings is 1. The molecular weight excluding hydrogens is 322 g/mol. The second kappa shape index (κ2) is 9.17. The van der Waals surface area contributed by atoms with Gasteiger partial charge in [-0.3, -0.25) is 0 Å². The Morgan fingerprint density at radius 2 is 2.12 bits per heavy atom. The lowest BCUT2D eigenvalue weighted by molar-refractivity contribution is 0.373. The third-order valence-electron chi connectivity index (χ3n) is 3.64. The highest BCUT2D eigenvalue weighted by molar-refractivity contribution is 7.10. The number of aryl methyl sites for hydroxylation is 1. The first-order chi connectivity index (χ1) is 11.6. The molecule has 1 aromatic carbocycles. The van der Waals surface area contributed by atoms with E-state index in [1.165, 1.54) is 10.4 Å². The number of hydrogen-bond acceptors (Lipinski definition) is 4. The van der Waals surface area contributed by atoms with Crippen LogP contribution >= 0.6 is 11.3 Å². The Labute approximate surface area is 147 Å². The number of phenols is 1. The van der Waals surface area contributed by atoms with Gasteiger partial charge in [0.05, 0.1) is 13.7 Å². The molecule has 0 atom stereocenters. The minimum absolute atomic E-state index is 0.162. The van der Waals surface area contributed by atoms with Crippen molar-refractivity contribution in [2.75, 3.05) is 20.2 Å². The van der Waals surface area contributed by atoms with Crippen LogP contribution in [-0.2, 0) is 13.0 Å². The molecule has 0 aliphatic carbocycles. The average molecular weight is 347 g/mol. The average Bonchev–Trinajstić information content (AvgIpc) is 2.99. The highest BCUT2D eigenvalue weighted by Gasteiger charge is 2.04. The van der Waals surface area contributed by atoms with E-state index in [2.05, 4.69) is 40.9 Å². The van der Waals surface area contributed by atoms with Crippen LogP contribution in [0.2, 0.25) is 0 Å². The number of aliphatic imine (C=N–C) groups is 1. The Morgan fingerprint density at radius 1 is 1.29 bits per heavy atom. The van der Waals surface area contributed by atoms with Crippen LogP contribution in [0, 0.1) is 6.92 Å². The molecule has 1 heterocycles. The number of guanidine groups is 1. The van der Waals surface area contributed by atoms with Crippen LogP contribution in [0.1, 0.15) is 22.9 Å². The number of hydrogen-bond donors (Lipinski definition) is 3. The maximum Gasteiger partial charge on any atom is 0.191 e. The van der Waals surface area contributed by atoms with E-state index in [1.54, 1.807) is 24.5 Å². The number of nitrogens with one attached hydrogen (secondary N) is 2. The molecule has 0 saturated heterocycles. The predicted octanol–water partition coefficient (Wildman–Crippen LogP) is 3.07. The zero-order chi connectivity index (χ0) is 17.4. The number of phenolic OH excluding ortho intramolecular Hbond substituents is 1. The number of aromatic hydroxyl groups is 1. The predicted molar refractivity (Wildman–Crippen MR) is 100 cm³/mol. The van der Waals surface area contributed by atoms with Crippen LogP contribution in [0.25, 0.3) is 0 Å². The molecule has 0 aliphatic heterocycles. The van der Waals surface area contributed by atoms with Gasteiger partial charge in [0.15, 0.2) is 17.5 Å². The van der Waals surface area contributed by atoms with Gasteiger partial charge in [-0.2, -0.15) is 0 Å². The SMILES string of the molecule is CCNC(=NCc1sccc1C)NCCc1ccc(O)c(OC)c1. The van der Waals surface area contributed by atoms with Gasteiger partial charge in [-0.05, 0) is 55.0 Å². The van der Waals surface area contributed by atoms with E-state index >= 15 is 0 Å². The minimum Gasteiger partial charge on any atom is -0.504 e. The molecule has 24 heavy (non-hydrogen) atoms. The van der Waals surface area contributed by atoms with E-state index in [-0.39, 0.29) is 5.75 Å². The monoisotopic (exact) mass is 347 g/mol. The third-order valence-corrected chi connectivity index (χ3v) is 4.65. The standard InChI is InChI=1S/C18H25N3O2S/c1-4-19-18(21-12-17-13(2)8-10-24-17)20-9-7-14-5-6-15(22)16(11-14)23-3/h5-6,8,10-11,22H,4,7,9,12H2,1-3H3,(H2,19,20,21). The van der Waals surface area contributed by atoms with E-state index < -0.39 is 0 Å². The molecule has 0 unspecified atom stereocenters. The summed E-state index contributed by atoms with van der Waals surface area (Å²) in [5.74, 6) is 1.48. The Kier molecular flexibility index (Phi) is 6.93. The van der Waals surface area contributed by atoms with Crippen molar-refractivity contribution in [3.8, 4) is 11.5 Å². The molecular formula is C18H25N3O2S. The van der Waals surface area contributed by atoms with Gasteiger partial charge < -0.3 is 20.5 Å². The quantitative estimate of drug-likeness (QED) is 0.532. The summed E-state index contributed by atoms with van der Waals surface area (Å²) >= 11 is 1.74. The highest BCUT2D eigenvalue weighted by atomic mass is 32.1. The third kappa shape index (κ3) is 5.16. The summed E-state index contributed by atoms with van der Waals surface area (Å²) in [4.78, 5) is 5.92. The summed E-state index contributed by atoms with van der Waals surface area (Å²) in [6.45, 7) is 6.43. The molecule has 0 radical (unpaired) electrons. The molecule has 6 heteroatoms. The summed E-state index contributed by atoms with van der Waals surface area (Å²) in [5, 5.41) is 18.3. The summed E-state index contributed by atoms with van der Waals surface area (Å²) in [6, 6.07) is 7.54. The molecule has 5 nitrogen and oxygen atoms in total. The van der Waals surface area contributed by atoms with Gasteiger partial charge in [-0.1, -0.05) is 6.07 Å². The molecule has 0 bridgehead atoms. The Balaban J connectivity index is 1.90. The first kappa shape index (κ1) is 18.1. The fraction of sp³-hybridized carbons (Fsp3) is 0.389. The Morgan fingerprint density at radius 3 is 2.79 bits per heavy atom. The lowest BCUT2D eigenvalue weighted by atomic mass is 10.1. The van der Waals surface area contributed by atoms with Gasteiger partial charge in [-0.25, -0.2) is 4.99 Å². The second-order valence-electron chi connectivity index (χ2n) is 5.40. The molecule has 2 rings (SSSR count). The number of methoxy groups -OCH3 is 1. The van der Waals surface area contributed by atoms with E-state index in [9.17, 15) is 5.11 Å². The number of rotatable bonds is 7. The fourth-order valence-electron chi connectivity index (χ4n) is 2.26. The smallest absolute Gasteiger partial charge is 0.191 e. The molecule has 0 fully saturated rings. The van der Waals surface area contributed by atoms with Crippen molar-refractivity contribution in [1.82, 2.24) is 10.6 Å². The minimum atomic E-state index is 0.162. The van der Waals surface area contributed by atoms with Crippen LogP contribution < -0.4 is 15.4 Å². The van der Waals surface area contributed by atoms with Gasteiger partial charge in [-0.15, -0.1) is 11.3 Å². The Bertz CT molecular complexity index is 683. The molecule has 0 spiro atoms. The van der Waals surface area contributed by atoms with Gasteiger partial charge in [0, 0.05) is 18.0 Å². The van der Waals surface area contributed by atoms with Crippen molar-refractivity contribution in [2.24, 2.45) is 4.99 Å². The van der Waals surface area contributed by atoms with Crippen LogP contribution in [-0.4, -0.2) is 31.3 Å². The second-order valence-corrected chi connectivity index (χ2v) is 6.41. The number of benzene rings is 1.